The number of methoxy groups -OCH3 is 1. The van der Waals surface area contributed by atoms with E-state index in [-0.39, 0.29) is 5.91 Å². The fourth-order valence-corrected chi connectivity index (χ4v) is 2.85. The van der Waals surface area contributed by atoms with Crippen molar-refractivity contribution >= 4 is 5.91 Å². The largest absolute Gasteiger partial charge is 0.497 e. The van der Waals surface area contributed by atoms with Gasteiger partial charge in [-0.3, -0.25) is 9.69 Å². The Kier molecular flexibility index (Phi) is 8.16. The Morgan fingerprint density at radius 2 is 1.81 bits per heavy atom. The molecule has 2 aromatic carbocycles. The van der Waals surface area contributed by atoms with Crippen molar-refractivity contribution in [2.75, 3.05) is 20.2 Å². The van der Waals surface area contributed by atoms with Crippen LogP contribution in [0.1, 0.15) is 31.4 Å². The molecule has 0 saturated heterocycles. The fraction of sp³-hybridized carbons (Fsp3) is 0.409. The first-order valence-corrected chi connectivity index (χ1v) is 9.26. The SMILES string of the molecule is COc1cccc(CCNC(=O)CCN(Cc2ccccc2)C(C)C)c1. The number of benzene rings is 2. The van der Waals surface area contributed by atoms with E-state index in [0.29, 0.717) is 19.0 Å². The summed E-state index contributed by atoms with van der Waals surface area (Å²) in [6.45, 7) is 6.62. The normalized spacial score (nSPS) is 11.0. The lowest BCUT2D eigenvalue weighted by molar-refractivity contribution is -0.121. The van der Waals surface area contributed by atoms with Crippen LogP contribution in [0.3, 0.4) is 0 Å². The smallest absolute Gasteiger partial charge is 0.221 e. The van der Waals surface area contributed by atoms with E-state index < -0.39 is 0 Å². The van der Waals surface area contributed by atoms with Crippen molar-refractivity contribution in [1.29, 1.82) is 0 Å². The minimum atomic E-state index is 0.103. The van der Waals surface area contributed by atoms with Gasteiger partial charge in [-0.25, -0.2) is 0 Å². The molecule has 0 aliphatic carbocycles. The maximum atomic E-state index is 12.2. The summed E-state index contributed by atoms with van der Waals surface area (Å²) in [5.74, 6) is 0.953. The minimum absolute atomic E-state index is 0.103. The topological polar surface area (TPSA) is 41.6 Å². The maximum absolute atomic E-state index is 12.2. The highest BCUT2D eigenvalue weighted by molar-refractivity contribution is 5.76. The van der Waals surface area contributed by atoms with E-state index in [2.05, 4.69) is 54.4 Å². The van der Waals surface area contributed by atoms with E-state index in [1.165, 1.54) is 5.56 Å². The van der Waals surface area contributed by atoms with Crippen LogP contribution in [-0.2, 0) is 17.8 Å². The third-order valence-electron chi connectivity index (χ3n) is 4.45. The highest BCUT2D eigenvalue weighted by atomic mass is 16.5. The number of carbonyl (C=O) groups is 1. The molecule has 0 aliphatic heterocycles. The molecule has 0 spiro atoms. The monoisotopic (exact) mass is 354 g/mol. The van der Waals surface area contributed by atoms with Gasteiger partial charge in [0.15, 0.2) is 0 Å². The number of hydrogen-bond donors (Lipinski definition) is 1. The van der Waals surface area contributed by atoms with Crippen molar-refractivity contribution < 1.29 is 9.53 Å². The summed E-state index contributed by atoms with van der Waals surface area (Å²) in [5, 5.41) is 3.02. The van der Waals surface area contributed by atoms with Gasteiger partial charge >= 0.3 is 0 Å². The fourth-order valence-electron chi connectivity index (χ4n) is 2.85. The quantitative estimate of drug-likeness (QED) is 0.708. The lowest BCUT2D eigenvalue weighted by atomic mass is 10.1. The summed E-state index contributed by atoms with van der Waals surface area (Å²) in [4.78, 5) is 14.5. The van der Waals surface area contributed by atoms with Gasteiger partial charge in [0.2, 0.25) is 5.91 Å². The van der Waals surface area contributed by atoms with Crippen molar-refractivity contribution in [2.24, 2.45) is 0 Å². The van der Waals surface area contributed by atoms with E-state index in [4.69, 9.17) is 4.74 Å². The summed E-state index contributed by atoms with van der Waals surface area (Å²) < 4.78 is 5.23. The molecule has 0 atom stereocenters. The Balaban J connectivity index is 1.73. The van der Waals surface area contributed by atoms with Crippen LogP contribution in [0.25, 0.3) is 0 Å². The second kappa shape index (κ2) is 10.6. The lowest BCUT2D eigenvalue weighted by Crippen LogP contribution is -2.35. The third kappa shape index (κ3) is 6.89. The highest BCUT2D eigenvalue weighted by Gasteiger charge is 2.12. The van der Waals surface area contributed by atoms with Gasteiger partial charge in [0.05, 0.1) is 7.11 Å². The van der Waals surface area contributed by atoms with Crippen LogP contribution in [0.4, 0.5) is 0 Å². The number of ether oxygens (including phenoxy) is 1. The van der Waals surface area contributed by atoms with Crippen molar-refractivity contribution in [3.05, 3.63) is 65.7 Å². The van der Waals surface area contributed by atoms with Crippen LogP contribution in [0, 0.1) is 0 Å². The zero-order chi connectivity index (χ0) is 18.8. The Morgan fingerprint density at radius 3 is 2.50 bits per heavy atom. The van der Waals surface area contributed by atoms with Gasteiger partial charge in [0.25, 0.3) is 0 Å². The minimum Gasteiger partial charge on any atom is -0.497 e. The molecule has 0 saturated carbocycles. The zero-order valence-electron chi connectivity index (χ0n) is 16.1. The zero-order valence-corrected chi connectivity index (χ0v) is 16.1. The molecule has 4 nitrogen and oxygen atoms in total. The molecule has 0 fully saturated rings. The first-order chi connectivity index (χ1) is 12.6. The second-order valence-corrected chi connectivity index (χ2v) is 6.75. The Bertz CT molecular complexity index is 671. The van der Waals surface area contributed by atoms with Gasteiger partial charge < -0.3 is 10.1 Å². The summed E-state index contributed by atoms with van der Waals surface area (Å²) in [6, 6.07) is 18.8. The van der Waals surface area contributed by atoms with Crippen LogP contribution in [-0.4, -0.2) is 37.0 Å². The summed E-state index contributed by atoms with van der Waals surface area (Å²) in [6.07, 6.45) is 1.32. The molecule has 140 valence electrons. The molecule has 0 bridgehead atoms. The van der Waals surface area contributed by atoms with Crippen molar-refractivity contribution in [2.45, 2.75) is 39.3 Å². The van der Waals surface area contributed by atoms with E-state index in [1.807, 2.05) is 24.3 Å². The molecule has 0 radical (unpaired) electrons. The van der Waals surface area contributed by atoms with Gasteiger partial charge in [-0.05, 0) is 43.5 Å². The van der Waals surface area contributed by atoms with Gasteiger partial charge in [0.1, 0.15) is 5.75 Å². The third-order valence-corrected chi connectivity index (χ3v) is 4.45. The van der Waals surface area contributed by atoms with Crippen LogP contribution in [0.5, 0.6) is 5.75 Å². The lowest BCUT2D eigenvalue weighted by Gasteiger charge is -2.26. The van der Waals surface area contributed by atoms with Gasteiger partial charge in [-0.2, -0.15) is 0 Å². The van der Waals surface area contributed by atoms with E-state index in [9.17, 15) is 4.79 Å². The standard InChI is InChI=1S/C22H30N2O2/c1-18(2)24(17-20-8-5-4-6-9-20)15-13-22(25)23-14-12-19-10-7-11-21(16-19)26-3/h4-11,16,18H,12-15,17H2,1-3H3,(H,23,25). The van der Waals surface area contributed by atoms with Crippen molar-refractivity contribution in [3.63, 3.8) is 0 Å². The first-order valence-electron chi connectivity index (χ1n) is 9.26. The summed E-state index contributed by atoms with van der Waals surface area (Å²) >= 11 is 0. The Hall–Kier alpha value is -2.33. The van der Waals surface area contributed by atoms with Crippen LogP contribution in [0.15, 0.2) is 54.6 Å². The number of rotatable bonds is 10. The molecule has 26 heavy (non-hydrogen) atoms. The van der Waals surface area contributed by atoms with Crippen molar-refractivity contribution in [3.8, 4) is 5.75 Å². The Morgan fingerprint density at radius 1 is 1.08 bits per heavy atom. The van der Waals surface area contributed by atoms with E-state index >= 15 is 0 Å². The molecule has 0 unspecified atom stereocenters. The number of nitrogens with zero attached hydrogens (tertiary/aromatic N) is 1. The molecule has 0 heterocycles. The van der Waals surface area contributed by atoms with Crippen LogP contribution < -0.4 is 10.1 Å². The maximum Gasteiger partial charge on any atom is 0.221 e. The highest BCUT2D eigenvalue weighted by Crippen LogP contribution is 2.12. The molecular formula is C22H30N2O2. The molecule has 1 N–H and O–H groups in total. The van der Waals surface area contributed by atoms with Gasteiger partial charge in [-0.1, -0.05) is 42.5 Å². The van der Waals surface area contributed by atoms with E-state index in [0.717, 1.165) is 30.8 Å². The first kappa shape index (κ1) is 20.0. The van der Waals surface area contributed by atoms with Gasteiger partial charge in [0, 0.05) is 32.1 Å². The molecule has 2 aromatic rings. The molecule has 4 heteroatoms. The number of amides is 1. The summed E-state index contributed by atoms with van der Waals surface area (Å²) in [7, 11) is 1.66. The number of hydrogen-bond acceptors (Lipinski definition) is 3. The predicted molar refractivity (Wildman–Crippen MR) is 106 cm³/mol. The molecular weight excluding hydrogens is 324 g/mol. The number of nitrogens with one attached hydrogen (secondary N) is 1. The van der Waals surface area contributed by atoms with Gasteiger partial charge in [-0.15, -0.1) is 0 Å². The van der Waals surface area contributed by atoms with E-state index in [1.54, 1.807) is 7.11 Å². The second-order valence-electron chi connectivity index (χ2n) is 6.75. The summed E-state index contributed by atoms with van der Waals surface area (Å²) in [5.41, 5.74) is 2.44. The average Bonchev–Trinajstić information content (AvgIpc) is 2.66. The molecule has 1 amide bonds. The average molecular weight is 354 g/mol. The predicted octanol–water partition coefficient (Wildman–Crippen LogP) is 3.65. The molecule has 2 rings (SSSR count). The number of carbonyl (C=O) groups excluding carboxylic acids is 1. The van der Waals surface area contributed by atoms with Crippen molar-refractivity contribution in [1.82, 2.24) is 10.2 Å². The van der Waals surface area contributed by atoms with Crippen LogP contribution >= 0.6 is 0 Å². The van der Waals surface area contributed by atoms with Crippen LogP contribution in [0.2, 0.25) is 0 Å². The molecule has 0 aromatic heterocycles. The Labute approximate surface area is 157 Å². The molecule has 0 aliphatic rings.